The molecule has 1 saturated heterocycles. The van der Waals surface area contributed by atoms with Crippen molar-refractivity contribution < 1.29 is 55.3 Å². The van der Waals surface area contributed by atoms with Crippen molar-refractivity contribution in [3.8, 4) is 11.5 Å². The fraction of sp³-hybridized carbons (Fsp3) is 0.634. The summed E-state index contributed by atoms with van der Waals surface area (Å²) < 4.78 is 80.5. The quantitative estimate of drug-likeness (QED) is 0.205. The van der Waals surface area contributed by atoms with Gasteiger partial charge in [0.2, 0.25) is 21.8 Å². The van der Waals surface area contributed by atoms with E-state index in [0.29, 0.717) is 37.9 Å². The highest BCUT2D eigenvalue weighted by Gasteiger charge is 2.63. The second kappa shape index (κ2) is 16.0. The molecule has 3 fully saturated rings. The lowest BCUT2D eigenvalue weighted by Gasteiger charge is -2.30. The molecule has 0 radical (unpaired) electrons. The second-order valence-corrected chi connectivity index (χ2v) is 19.7. The monoisotopic (exact) mass is 834 g/mol. The number of allylic oxidation sites excluding steroid dienone is 1. The van der Waals surface area contributed by atoms with Gasteiger partial charge in [-0.3, -0.25) is 23.9 Å². The highest BCUT2D eigenvalue weighted by Crippen LogP contribution is 2.48. The summed E-state index contributed by atoms with van der Waals surface area (Å²) in [4.78, 5) is 61.1. The number of hydrogen-bond donors (Lipinski definition) is 3. The normalized spacial score (nSPS) is 27.0. The molecule has 2 aliphatic heterocycles. The van der Waals surface area contributed by atoms with Crippen molar-refractivity contribution in [2.24, 2.45) is 17.8 Å². The topological polar surface area (TPSA) is 181 Å². The highest BCUT2D eigenvalue weighted by atomic mass is 32.2. The molecule has 0 unspecified atom stereocenters. The van der Waals surface area contributed by atoms with E-state index in [1.165, 1.54) is 30.2 Å². The van der Waals surface area contributed by atoms with Crippen molar-refractivity contribution in [2.75, 3.05) is 13.7 Å². The maximum absolute atomic E-state index is 14.6. The molecule has 5 atom stereocenters. The molecular formula is C41H53F3N4O9S. The van der Waals surface area contributed by atoms with Crippen molar-refractivity contribution in [1.82, 2.24) is 19.9 Å². The zero-order valence-electron chi connectivity index (χ0n) is 33.5. The fourth-order valence-corrected chi connectivity index (χ4v) is 9.45. The predicted molar refractivity (Wildman–Crippen MR) is 207 cm³/mol. The molecule has 13 nitrogen and oxygen atoms in total. The predicted octanol–water partition coefficient (Wildman–Crippen LogP) is 5.86. The van der Waals surface area contributed by atoms with Crippen molar-refractivity contribution in [2.45, 2.75) is 133 Å². The van der Waals surface area contributed by atoms with Gasteiger partial charge >= 0.3 is 12.1 Å². The van der Waals surface area contributed by atoms with Crippen LogP contribution in [0.3, 0.4) is 0 Å². The first-order valence-corrected chi connectivity index (χ1v) is 21.4. The van der Waals surface area contributed by atoms with Gasteiger partial charge in [0.05, 0.1) is 23.8 Å². The smallest absolute Gasteiger partial charge is 0.437 e. The van der Waals surface area contributed by atoms with Gasteiger partial charge in [0, 0.05) is 29.3 Å². The summed E-state index contributed by atoms with van der Waals surface area (Å²) in [6, 6.07) is 3.16. The van der Waals surface area contributed by atoms with Gasteiger partial charge in [-0.25, -0.2) is 13.4 Å². The van der Waals surface area contributed by atoms with Crippen LogP contribution in [0.5, 0.6) is 11.5 Å². The van der Waals surface area contributed by atoms with Crippen LogP contribution in [0.2, 0.25) is 0 Å². The number of esters is 1. The fourth-order valence-electron chi connectivity index (χ4n) is 8.14. The minimum Gasteiger partial charge on any atom is -0.505 e. The lowest BCUT2D eigenvalue weighted by molar-refractivity contribution is -0.159. The number of carbonyl (C=O) groups is 4. The Bertz CT molecular complexity index is 2100. The molecule has 17 heteroatoms. The van der Waals surface area contributed by atoms with Gasteiger partial charge in [-0.05, 0) is 110 Å². The molecule has 3 heterocycles. The Morgan fingerprint density at radius 2 is 1.84 bits per heavy atom. The number of alkyl halides is 3. The standard InChI is InChI=1S/C41H53F3N4O9S/c1-38(2,3)57-32(49)20-25-11-9-7-6-8-10-12-26-22-40(26,37(53)47-58(54,55)39(4)17-18-39)46-35(51)31-19-24(23-48(31)36(25)52)13-15-28-29-21-27(56-5)14-16-30(29)45-34(33(28)50)41(42,43)44/h10,12,14,16,21,24-26,31,50H,6-9,11,13,15,17-20,22-23H2,1-5H3,(H,46,51)(H,47,53)/b12-10-/t24-,25+,26+,31-,40+/m0/s1. The third kappa shape index (κ3) is 9.23. The van der Waals surface area contributed by atoms with Crippen LogP contribution in [0.25, 0.3) is 10.9 Å². The molecule has 2 saturated carbocycles. The third-order valence-corrected chi connectivity index (χ3v) is 14.0. The molecule has 2 aromatic rings. The number of fused-ring (bicyclic) bond motifs is 3. The van der Waals surface area contributed by atoms with E-state index in [1.54, 1.807) is 27.7 Å². The van der Waals surface area contributed by atoms with Gasteiger partial charge in [-0.2, -0.15) is 13.2 Å². The van der Waals surface area contributed by atoms with Crippen molar-refractivity contribution in [3.05, 3.63) is 41.6 Å². The number of hydrogen-bond acceptors (Lipinski definition) is 10. The molecule has 6 rings (SSSR count). The van der Waals surface area contributed by atoms with E-state index in [2.05, 4.69) is 15.0 Å². The SMILES string of the molecule is COc1ccc2nc(C(F)(F)F)c(O)c(CC[C@H]3C[C@H]4C(=O)N[C@]5(C(=O)NS(=O)(=O)C6(C)CC6)C[C@H]5/C=C\CCCCC[C@H](CC(=O)OC(C)(C)C)C(=O)N4C3)c2c1. The van der Waals surface area contributed by atoms with Crippen molar-refractivity contribution in [3.63, 3.8) is 0 Å². The molecule has 0 spiro atoms. The summed E-state index contributed by atoms with van der Waals surface area (Å²) in [6.45, 7) is 6.69. The van der Waals surface area contributed by atoms with Crippen LogP contribution < -0.4 is 14.8 Å². The number of pyridine rings is 1. The van der Waals surface area contributed by atoms with E-state index < -0.39 is 91.0 Å². The number of sulfonamides is 1. The average molecular weight is 835 g/mol. The summed E-state index contributed by atoms with van der Waals surface area (Å²) in [5, 5.41) is 14.1. The third-order valence-electron chi connectivity index (χ3n) is 11.9. The van der Waals surface area contributed by atoms with Gasteiger partial charge in [0.1, 0.15) is 28.7 Å². The molecular weight excluding hydrogens is 782 g/mol. The molecule has 4 aliphatic rings. The van der Waals surface area contributed by atoms with E-state index in [0.717, 1.165) is 12.8 Å². The molecule has 1 aromatic heterocycles. The minimum atomic E-state index is -4.95. The first-order valence-electron chi connectivity index (χ1n) is 19.9. The zero-order valence-corrected chi connectivity index (χ0v) is 34.4. The van der Waals surface area contributed by atoms with E-state index >= 15 is 0 Å². The summed E-state index contributed by atoms with van der Waals surface area (Å²) >= 11 is 0. The van der Waals surface area contributed by atoms with Crippen LogP contribution in [0.15, 0.2) is 30.4 Å². The van der Waals surface area contributed by atoms with E-state index in [9.17, 15) is 45.9 Å². The number of nitrogens with zero attached hydrogens (tertiary/aromatic N) is 2. The number of methoxy groups -OCH3 is 1. The summed E-state index contributed by atoms with van der Waals surface area (Å²) in [5.74, 6) is -5.13. The summed E-state index contributed by atoms with van der Waals surface area (Å²) in [7, 11) is -2.65. The molecule has 3 N–H and O–H groups in total. The summed E-state index contributed by atoms with van der Waals surface area (Å²) in [6.07, 6.45) is 2.61. The van der Waals surface area contributed by atoms with Gasteiger partial charge in [0.25, 0.3) is 5.91 Å². The van der Waals surface area contributed by atoms with Crippen LogP contribution >= 0.6 is 0 Å². The van der Waals surface area contributed by atoms with Crippen molar-refractivity contribution >= 4 is 44.6 Å². The highest BCUT2D eigenvalue weighted by molar-refractivity contribution is 7.91. The Balaban J connectivity index is 1.33. The largest absolute Gasteiger partial charge is 0.505 e. The minimum absolute atomic E-state index is 0.00374. The molecule has 318 valence electrons. The van der Waals surface area contributed by atoms with Crippen LogP contribution in [0.4, 0.5) is 13.2 Å². The number of nitrogens with one attached hydrogen (secondary N) is 2. The Kier molecular flexibility index (Phi) is 11.9. The van der Waals surface area contributed by atoms with E-state index in [-0.39, 0.29) is 55.1 Å². The van der Waals surface area contributed by atoms with Gasteiger partial charge < -0.3 is 24.8 Å². The maximum Gasteiger partial charge on any atom is 0.437 e. The van der Waals surface area contributed by atoms with Crippen molar-refractivity contribution in [1.29, 1.82) is 0 Å². The number of ether oxygens (including phenoxy) is 2. The van der Waals surface area contributed by atoms with Crippen LogP contribution in [-0.4, -0.2) is 82.7 Å². The molecule has 0 bridgehead atoms. The Morgan fingerprint density at radius 3 is 2.50 bits per heavy atom. The van der Waals surface area contributed by atoms with Gasteiger partial charge in [-0.15, -0.1) is 0 Å². The Labute approximate surface area is 336 Å². The lowest BCUT2D eigenvalue weighted by atomic mass is 9.94. The molecule has 2 aliphatic carbocycles. The number of aromatic hydroxyl groups is 1. The number of rotatable bonds is 9. The Morgan fingerprint density at radius 1 is 1.12 bits per heavy atom. The van der Waals surface area contributed by atoms with Gasteiger partial charge in [-0.1, -0.05) is 25.0 Å². The van der Waals surface area contributed by atoms with Crippen LogP contribution in [0, 0.1) is 17.8 Å². The van der Waals surface area contributed by atoms with Crippen LogP contribution in [0.1, 0.15) is 110 Å². The first kappa shape index (κ1) is 43.2. The number of benzene rings is 1. The van der Waals surface area contributed by atoms with E-state index in [1.807, 2.05) is 12.2 Å². The zero-order chi connectivity index (χ0) is 42.4. The number of carbonyl (C=O) groups excluding carboxylic acids is 4. The first-order chi connectivity index (χ1) is 27.1. The van der Waals surface area contributed by atoms with Crippen LogP contribution in [-0.2, 0) is 46.5 Å². The number of amides is 3. The maximum atomic E-state index is 14.6. The second-order valence-electron chi connectivity index (χ2n) is 17.5. The molecule has 3 amide bonds. The molecule has 58 heavy (non-hydrogen) atoms. The average Bonchev–Trinajstić information content (AvgIpc) is 4.01. The van der Waals surface area contributed by atoms with Gasteiger partial charge in [0.15, 0.2) is 5.69 Å². The number of aromatic nitrogens is 1. The number of halogens is 3. The molecule has 1 aromatic carbocycles. The Hall–Kier alpha value is -4.41. The number of aryl methyl sites for hydroxylation is 1. The summed E-state index contributed by atoms with van der Waals surface area (Å²) in [5.41, 5.74) is -3.87. The van der Waals surface area contributed by atoms with E-state index in [4.69, 9.17) is 9.47 Å². The lowest BCUT2D eigenvalue weighted by Crippen LogP contribution is -2.57.